The molecule has 0 aliphatic heterocycles. The summed E-state index contributed by atoms with van der Waals surface area (Å²) in [6.45, 7) is 0.0859. The molecule has 2 aromatic rings. The van der Waals surface area contributed by atoms with E-state index in [1.54, 1.807) is 12.1 Å². The average Bonchev–Trinajstić information content (AvgIpc) is 3.52. The molecule has 0 heterocycles. The molecule has 1 aliphatic rings. The van der Waals surface area contributed by atoms with Gasteiger partial charge >= 0.3 is 12.1 Å². The van der Waals surface area contributed by atoms with Gasteiger partial charge in [-0.3, -0.25) is 9.59 Å². The van der Waals surface area contributed by atoms with Crippen LogP contribution in [0.2, 0.25) is 0 Å². The molecule has 2 N–H and O–H groups in total. The number of benzene rings is 2. The van der Waals surface area contributed by atoms with Crippen LogP contribution in [0.4, 0.5) is 13.2 Å². The van der Waals surface area contributed by atoms with E-state index in [2.05, 4.69) is 5.32 Å². The summed E-state index contributed by atoms with van der Waals surface area (Å²) in [6, 6.07) is 11.3. The second kappa shape index (κ2) is 8.77. The SMILES string of the molecule is COC(=O)C(CNC(=O)C1CC1c1ccc(C(F)(F)F)cc1)Cc1ccc(O)cc1. The third-order valence-corrected chi connectivity index (χ3v) is 5.27. The Bertz CT molecular complexity index is 894. The van der Waals surface area contributed by atoms with E-state index >= 15 is 0 Å². The molecule has 0 saturated heterocycles. The van der Waals surface area contributed by atoms with Gasteiger partial charge in [-0.2, -0.15) is 13.2 Å². The minimum atomic E-state index is -4.39. The number of halogens is 3. The average molecular weight is 421 g/mol. The van der Waals surface area contributed by atoms with Crippen molar-refractivity contribution in [1.82, 2.24) is 5.32 Å². The fourth-order valence-electron chi connectivity index (χ4n) is 3.45. The summed E-state index contributed by atoms with van der Waals surface area (Å²) < 4.78 is 42.8. The maximum Gasteiger partial charge on any atom is 0.416 e. The number of amides is 1. The summed E-state index contributed by atoms with van der Waals surface area (Å²) in [6.07, 6.45) is -3.50. The molecule has 0 radical (unpaired) electrons. The Labute approximate surface area is 171 Å². The zero-order valence-electron chi connectivity index (χ0n) is 16.3. The highest BCUT2D eigenvalue weighted by Gasteiger charge is 2.44. The maximum absolute atomic E-state index is 12.7. The number of esters is 1. The van der Waals surface area contributed by atoms with Crippen LogP contribution in [0.25, 0.3) is 0 Å². The molecule has 1 aliphatic carbocycles. The lowest BCUT2D eigenvalue weighted by atomic mass is 9.99. The zero-order chi connectivity index (χ0) is 21.9. The number of ether oxygens (including phenoxy) is 1. The van der Waals surface area contributed by atoms with E-state index in [1.807, 2.05) is 0 Å². The number of carbonyl (C=O) groups is 2. The predicted molar refractivity (Wildman–Crippen MR) is 103 cm³/mol. The standard InChI is InChI=1S/C22H22F3NO4/c1-30-21(29)15(10-13-2-8-17(27)9-3-13)12-26-20(28)19-11-18(19)14-4-6-16(7-5-14)22(23,24)25/h2-9,15,18-19,27H,10-12H2,1H3,(H,26,28). The van der Waals surface area contributed by atoms with Gasteiger partial charge in [-0.05, 0) is 54.2 Å². The fourth-order valence-corrected chi connectivity index (χ4v) is 3.45. The lowest BCUT2D eigenvalue weighted by molar-refractivity contribution is -0.145. The van der Waals surface area contributed by atoms with Gasteiger partial charge < -0.3 is 15.2 Å². The molecule has 0 bridgehead atoms. The van der Waals surface area contributed by atoms with Crippen molar-refractivity contribution >= 4 is 11.9 Å². The van der Waals surface area contributed by atoms with E-state index < -0.39 is 23.6 Å². The Morgan fingerprint density at radius 2 is 1.77 bits per heavy atom. The van der Waals surface area contributed by atoms with Crippen molar-refractivity contribution in [2.75, 3.05) is 13.7 Å². The molecule has 5 nitrogen and oxygen atoms in total. The van der Waals surface area contributed by atoms with Gasteiger partial charge in [0.25, 0.3) is 0 Å². The van der Waals surface area contributed by atoms with Crippen LogP contribution in [0.3, 0.4) is 0 Å². The maximum atomic E-state index is 12.7. The van der Waals surface area contributed by atoms with E-state index in [9.17, 15) is 27.9 Å². The van der Waals surface area contributed by atoms with Crippen LogP contribution in [0, 0.1) is 11.8 Å². The smallest absolute Gasteiger partial charge is 0.416 e. The largest absolute Gasteiger partial charge is 0.508 e. The second-order valence-electron chi connectivity index (χ2n) is 7.40. The number of hydrogen-bond acceptors (Lipinski definition) is 4. The van der Waals surface area contributed by atoms with Gasteiger partial charge in [-0.1, -0.05) is 24.3 Å². The van der Waals surface area contributed by atoms with Crippen LogP contribution in [-0.2, 0) is 26.9 Å². The van der Waals surface area contributed by atoms with Gasteiger partial charge in [0.15, 0.2) is 0 Å². The van der Waals surface area contributed by atoms with E-state index in [0.29, 0.717) is 18.4 Å². The third kappa shape index (κ3) is 5.31. The second-order valence-corrected chi connectivity index (χ2v) is 7.40. The Morgan fingerprint density at radius 3 is 2.33 bits per heavy atom. The van der Waals surface area contributed by atoms with Gasteiger partial charge in [0.2, 0.25) is 5.91 Å². The Balaban J connectivity index is 1.55. The fraction of sp³-hybridized carbons (Fsp3) is 0.364. The lowest BCUT2D eigenvalue weighted by Gasteiger charge is -2.16. The van der Waals surface area contributed by atoms with Crippen molar-refractivity contribution in [2.24, 2.45) is 11.8 Å². The van der Waals surface area contributed by atoms with Crippen molar-refractivity contribution in [2.45, 2.75) is 24.9 Å². The number of phenols is 1. The molecule has 1 saturated carbocycles. The monoisotopic (exact) mass is 421 g/mol. The molecule has 8 heteroatoms. The number of alkyl halides is 3. The molecule has 160 valence electrons. The highest BCUT2D eigenvalue weighted by atomic mass is 19.4. The quantitative estimate of drug-likeness (QED) is 0.669. The Hall–Kier alpha value is -3.03. The summed E-state index contributed by atoms with van der Waals surface area (Å²) in [7, 11) is 1.27. The number of aromatic hydroxyl groups is 1. The summed E-state index contributed by atoms with van der Waals surface area (Å²) >= 11 is 0. The number of nitrogens with one attached hydrogen (secondary N) is 1. The minimum Gasteiger partial charge on any atom is -0.508 e. The minimum absolute atomic E-state index is 0.0859. The first-order valence-corrected chi connectivity index (χ1v) is 9.49. The van der Waals surface area contributed by atoms with E-state index in [0.717, 1.165) is 17.7 Å². The molecule has 0 spiro atoms. The van der Waals surface area contributed by atoms with Crippen LogP contribution in [-0.4, -0.2) is 30.6 Å². The summed E-state index contributed by atoms with van der Waals surface area (Å²) in [5.74, 6) is -1.62. The highest BCUT2D eigenvalue weighted by molar-refractivity contribution is 5.83. The van der Waals surface area contributed by atoms with Gasteiger partial charge in [-0.15, -0.1) is 0 Å². The molecule has 30 heavy (non-hydrogen) atoms. The number of rotatable bonds is 7. The molecule has 1 fully saturated rings. The normalized spacial score (nSPS) is 19.1. The van der Waals surface area contributed by atoms with Gasteiger partial charge in [0.05, 0.1) is 18.6 Å². The van der Waals surface area contributed by atoms with Gasteiger partial charge in [-0.25, -0.2) is 0 Å². The Morgan fingerprint density at radius 1 is 1.13 bits per heavy atom. The van der Waals surface area contributed by atoms with Crippen molar-refractivity contribution in [3.8, 4) is 5.75 Å². The van der Waals surface area contributed by atoms with E-state index in [1.165, 1.54) is 31.4 Å². The molecule has 2 aromatic carbocycles. The third-order valence-electron chi connectivity index (χ3n) is 5.27. The number of hydrogen-bond donors (Lipinski definition) is 2. The first-order chi connectivity index (χ1) is 14.2. The first kappa shape index (κ1) is 21.7. The number of methoxy groups -OCH3 is 1. The van der Waals surface area contributed by atoms with Crippen LogP contribution in [0.1, 0.15) is 29.0 Å². The molecular weight excluding hydrogens is 399 g/mol. The van der Waals surface area contributed by atoms with Gasteiger partial charge in [0.1, 0.15) is 5.75 Å². The van der Waals surface area contributed by atoms with E-state index in [4.69, 9.17) is 4.74 Å². The zero-order valence-corrected chi connectivity index (χ0v) is 16.3. The summed E-state index contributed by atoms with van der Waals surface area (Å²) in [5, 5.41) is 12.1. The topological polar surface area (TPSA) is 75.6 Å². The number of carbonyl (C=O) groups excluding carboxylic acids is 2. The summed E-state index contributed by atoms with van der Waals surface area (Å²) in [4.78, 5) is 24.5. The van der Waals surface area contributed by atoms with Crippen molar-refractivity contribution in [1.29, 1.82) is 0 Å². The lowest BCUT2D eigenvalue weighted by Crippen LogP contribution is -2.35. The van der Waals surface area contributed by atoms with Crippen LogP contribution in [0.5, 0.6) is 5.75 Å². The van der Waals surface area contributed by atoms with Crippen LogP contribution in [0.15, 0.2) is 48.5 Å². The van der Waals surface area contributed by atoms with Crippen LogP contribution < -0.4 is 5.32 Å². The summed E-state index contributed by atoms with van der Waals surface area (Å²) in [5.41, 5.74) is 0.784. The number of phenolic OH excluding ortho intramolecular Hbond substituents is 1. The van der Waals surface area contributed by atoms with Crippen LogP contribution >= 0.6 is 0 Å². The van der Waals surface area contributed by atoms with Crippen molar-refractivity contribution < 1.29 is 32.6 Å². The first-order valence-electron chi connectivity index (χ1n) is 9.49. The molecule has 0 aromatic heterocycles. The molecular formula is C22H22F3NO4. The van der Waals surface area contributed by atoms with Gasteiger partial charge in [0, 0.05) is 12.5 Å². The van der Waals surface area contributed by atoms with Crippen molar-refractivity contribution in [3.63, 3.8) is 0 Å². The molecule has 3 unspecified atom stereocenters. The van der Waals surface area contributed by atoms with Crippen molar-refractivity contribution in [3.05, 3.63) is 65.2 Å². The molecule has 3 atom stereocenters. The molecule has 3 rings (SSSR count). The molecule has 1 amide bonds. The van der Waals surface area contributed by atoms with E-state index in [-0.39, 0.29) is 30.0 Å². The predicted octanol–water partition coefficient (Wildman–Crippen LogP) is 3.66. The highest BCUT2D eigenvalue weighted by Crippen LogP contribution is 2.48. The Kier molecular flexibility index (Phi) is 6.34.